The molecule has 27 heavy (non-hydrogen) atoms. The van der Waals surface area contributed by atoms with Crippen molar-refractivity contribution in [3.8, 4) is 0 Å². The summed E-state index contributed by atoms with van der Waals surface area (Å²) >= 11 is 5.67. The smallest absolute Gasteiger partial charge is 0.240 e. The first-order valence-electron chi connectivity index (χ1n) is 9.07. The van der Waals surface area contributed by atoms with Gasteiger partial charge in [-0.15, -0.1) is 11.6 Å². The average molecular weight is 380 g/mol. The van der Waals surface area contributed by atoms with Gasteiger partial charge >= 0.3 is 0 Å². The van der Waals surface area contributed by atoms with Crippen LogP contribution in [-0.4, -0.2) is 22.5 Å². The number of aromatic nitrogens is 1. The molecular formula is C22H22ClN3O. The Morgan fingerprint density at radius 1 is 1.00 bits per heavy atom. The number of nitrogens with one attached hydrogen (secondary N) is 1. The Bertz CT molecular complexity index is 920. The fraction of sp³-hybridized carbons (Fsp3) is 0.227. The van der Waals surface area contributed by atoms with Crippen LogP contribution in [0, 0.1) is 0 Å². The lowest BCUT2D eigenvalue weighted by Gasteiger charge is -2.10. The Hall–Kier alpha value is -2.72. The molecule has 0 fully saturated rings. The summed E-state index contributed by atoms with van der Waals surface area (Å²) in [4.78, 5) is 16.5. The maximum Gasteiger partial charge on any atom is 0.240 e. The lowest BCUT2D eigenvalue weighted by molar-refractivity contribution is -0.121. The van der Waals surface area contributed by atoms with Crippen LogP contribution in [0.25, 0.3) is 10.9 Å². The average Bonchev–Trinajstić information content (AvgIpc) is 2.72. The van der Waals surface area contributed by atoms with Crippen LogP contribution < -0.4 is 5.43 Å². The SMILES string of the molecule is O=C(CCCCCl)NN=C(Cc1ccnc2ccccc12)c1ccccc1. The van der Waals surface area contributed by atoms with E-state index in [9.17, 15) is 4.79 Å². The molecule has 1 heterocycles. The van der Waals surface area contributed by atoms with E-state index in [-0.39, 0.29) is 5.91 Å². The van der Waals surface area contributed by atoms with Gasteiger partial charge in [-0.2, -0.15) is 5.10 Å². The van der Waals surface area contributed by atoms with Crippen LogP contribution in [0.2, 0.25) is 0 Å². The molecule has 0 saturated carbocycles. The van der Waals surface area contributed by atoms with Crippen molar-refractivity contribution in [1.29, 1.82) is 0 Å². The number of unbranched alkanes of at least 4 members (excludes halogenated alkanes) is 1. The third kappa shape index (κ3) is 5.38. The van der Waals surface area contributed by atoms with Crippen LogP contribution in [0.1, 0.15) is 30.4 Å². The monoisotopic (exact) mass is 379 g/mol. The molecule has 0 atom stereocenters. The van der Waals surface area contributed by atoms with Gasteiger partial charge in [-0.1, -0.05) is 48.5 Å². The zero-order valence-electron chi connectivity index (χ0n) is 15.1. The number of fused-ring (bicyclic) bond motifs is 1. The minimum absolute atomic E-state index is 0.0897. The Morgan fingerprint density at radius 3 is 2.59 bits per heavy atom. The zero-order chi connectivity index (χ0) is 18.9. The van der Waals surface area contributed by atoms with E-state index < -0.39 is 0 Å². The molecule has 138 valence electrons. The quantitative estimate of drug-likeness (QED) is 0.267. The lowest BCUT2D eigenvalue weighted by Crippen LogP contribution is -2.20. The molecule has 0 aliphatic rings. The number of halogens is 1. The first kappa shape index (κ1) is 19.1. The van der Waals surface area contributed by atoms with Crippen molar-refractivity contribution >= 4 is 34.1 Å². The van der Waals surface area contributed by atoms with E-state index in [1.54, 1.807) is 0 Å². The number of carbonyl (C=O) groups is 1. The van der Waals surface area contributed by atoms with E-state index in [0.29, 0.717) is 18.7 Å². The topological polar surface area (TPSA) is 54.4 Å². The molecule has 3 rings (SSSR count). The number of carbonyl (C=O) groups excluding carboxylic acids is 1. The van der Waals surface area contributed by atoms with Crippen molar-refractivity contribution in [2.45, 2.75) is 25.7 Å². The van der Waals surface area contributed by atoms with Crippen molar-refractivity contribution in [2.24, 2.45) is 5.10 Å². The highest BCUT2D eigenvalue weighted by molar-refractivity contribution is 6.17. The summed E-state index contributed by atoms with van der Waals surface area (Å²) in [7, 11) is 0. The van der Waals surface area contributed by atoms with Crippen LogP contribution in [0.3, 0.4) is 0 Å². The summed E-state index contributed by atoms with van der Waals surface area (Å²) in [5.41, 5.74) is 6.58. The standard InChI is InChI=1S/C22H22ClN3O/c23-14-7-6-12-22(27)26-25-21(17-8-2-1-3-9-17)16-18-13-15-24-20-11-5-4-10-19(18)20/h1-5,8-11,13,15H,6-7,12,14,16H2,(H,26,27). The fourth-order valence-electron chi connectivity index (χ4n) is 2.89. The molecule has 4 nitrogen and oxygen atoms in total. The number of benzene rings is 2. The number of hydrogen-bond donors (Lipinski definition) is 1. The van der Waals surface area contributed by atoms with Gasteiger partial charge in [0.25, 0.3) is 0 Å². The van der Waals surface area contributed by atoms with Crippen LogP contribution in [0.4, 0.5) is 0 Å². The summed E-state index contributed by atoms with van der Waals surface area (Å²) in [6.07, 6.45) is 4.43. The molecule has 0 bridgehead atoms. The second-order valence-corrected chi connectivity index (χ2v) is 6.65. The van der Waals surface area contributed by atoms with E-state index in [4.69, 9.17) is 11.6 Å². The number of amides is 1. The van der Waals surface area contributed by atoms with Gasteiger partial charge in [-0.3, -0.25) is 9.78 Å². The molecule has 5 heteroatoms. The summed E-state index contributed by atoms with van der Waals surface area (Å²) in [6, 6.07) is 20.0. The van der Waals surface area contributed by atoms with Crippen LogP contribution >= 0.6 is 11.6 Å². The maximum atomic E-state index is 12.0. The predicted molar refractivity (Wildman–Crippen MR) is 111 cm³/mol. The first-order valence-corrected chi connectivity index (χ1v) is 9.61. The molecule has 1 N–H and O–H groups in total. The number of hydrogen-bond acceptors (Lipinski definition) is 3. The molecule has 0 spiro atoms. The van der Waals surface area contributed by atoms with Crippen LogP contribution in [-0.2, 0) is 11.2 Å². The highest BCUT2D eigenvalue weighted by atomic mass is 35.5. The molecule has 0 saturated heterocycles. The van der Waals surface area contributed by atoms with Gasteiger partial charge in [-0.25, -0.2) is 5.43 Å². The molecule has 0 aliphatic carbocycles. The summed E-state index contributed by atoms with van der Waals surface area (Å²) in [6.45, 7) is 0. The molecule has 2 aromatic carbocycles. The summed E-state index contributed by atoms with van der Waals surface area (Å²) < 4.78 is 0. The number of para-hydroxylation sites is 1. The molecule has 0 radical (unpaired) electrons. The minimum atomic E-state index is -0.0897. The highest BCUT2D eigenvalue weighted by Crippen LogP contribution is 2.18. The number of hydrazone groups is 1. The number of alkyl halides is 1. The predicted octanol–water partition coefficient (Wildman–Crippen LogP) is 4.71. The third-order valence-corrected chi connectivity index (χ3v) is 4.57. The third-order valence-electron chi connectivity index (χ3n) is 4.31. The van der Waals surface area contributed by atoms with Crippen LogP contribution in [0.15, 0.2) is 72.0 Å². The van der Waals surface area contributed by atoms with Crippen molar-refractivity contribution < 1.29 is 4.79 Å². The highest BCUT2D eigenvalue weighted by Gasteiger charge is 2.09. The van der Waals surface area contributed by atoms with Crippen molar-refractivity contribution in [3.63, 3.8) is 0 Å². The first-order chi connectivity index (χ1) is 13.3. The summed E-state index contributed by atoms with van der Waals surface area (Å²) in [5.74, 6) is 0.481. The van der Waals surface area contributed by atoms with Gasteiger partial charge in [0.05, 0.1) is 11.2 Å². The van der Waals surface area contributed by atoms with Gasteiger partial charge < -0.3 is 0 Å². The fourth-order valence-corrected chi connectivity index (χ4v) is 3.08. The van der Waals surface area contributed by atoms with E-state index >= 15 is 0 Å². The maximum absolute atomic E-state index is 12.0. The Balaban J connectivity index is 1.84. The molecule has 0 unspecified atom stereocenters. The van der Waals surface area contributed by atoms with E-state index in [2.05, 4.69) is 21.6 Å². The van der Waals surface area contributed by atoms with Gasteiger partial charge in [0.15, 0.2) is 0 Å². The molecule has 3 aromatic rings. The van der Waals surface area contributed by atoms with Gasteiger partial charge in [0.2, 0.25) is 5.91 Å². The van der Waals surface area contributed by atoms with Crippen molar-refractivity contribution in [2.75, 3.05) is 5.88 Å². The van der Waals surface area contributed by atoms with Crippen molar-refractivity contribution in [1.82, 2.24) is 10.4 Å². The van der Waals surface area contributed by atoms with E-state index in [1.807, 2.05) is 60.8 Å². The largest absolute Gasteiger partial charge is 0.273 e. The molecule has 0 aliphatic heterocycles. The van der Waals surface area contributed by atoms with Crippen molar-refractivity contribution in [3.05, 3.63) is 78.0 Å². The summed E-state index contributed by atoms with van der Waals surface area (Å²) in [5, 5.41) is 5.53. The minimum Gasteiger partial charge on any atom is -0.273 e. The number of pyridine rings is 1. The van der Waals surface area contributed by atoms with E-state index in [1.165, 1.54) is 0 Å². The van der Waals surface area contributed by atoms with Gasteiger partial charge in [-0.05, 0) is 36.1 Å². The van der Waals surface area contributed by atoms with E-state index in [0.717, 1.165) is 40.6 Å². The molecule has 1 aromatic heterocycles. The second-order valence-electron chi connectivity index (χ2n) is 6.27. The normalized spacial score (nSPS) is 11.5. The molecule has 1 amide bonds. The Morgan fingerprint density at radius 2 is 1.78 bits per heavy atom. The molecular weight excluding hydrogens is 358 g/mol. The van der Waals surface area contributed by atoms with Crippen LogP contribution in [0.5, 0.6) is 0 Å². The number of rotatable bonds is 8. The Labute approximate surface area is 164 Å². The zero-order valence-corrected chi connectivity index (χ0v) is 15.8. The lowest BCUT2D eigenvalue weighted by atomic mass is 9.99. The van der Waals surface area contributed by atoms with Gasteiger partial charge in [0.1, 0.15) is 0 Å². The van der Waals surface area contributed by atoms with Gasteiger partial charge in [0, 0.05) is 30.3 Å². The Kier molecular flexibility index (Phi) is 6.94. The number of nitrogens with zero attached hydrogens (tertiary/aromatic N) is 2. The second kappa shape index (κ2) is 9.83.